The Labute approximate surface area is 171 Å². The Morgan fingerprint density at radius 3 is 2.55 bits per heavy atom. The van der Waals surface area contributed by atoms with E-state index in [1.54, 1.807) is 7.11 Å². The predicted octanol–water partition coefficient (Wildman–Crippen LogP) is 3.48. The van der Waals surface area contributed by atoms with Crippen LogP contribution in [0.15, 0.2) is 59.0 Å². The molecule has 3 aromatic rings. The van der Waals surface area contributed by atoms with E-state index < -0.39 is 0 Å². The Balaban J connectivity index is 1.28. The molecule has 2 fully saturated rings. The van der Waals surface area contributed by atoms with Crippen LogP contribution in [0.3, 0.4) is 0 Å². The van der Waals surface area contributed by atoms with E-state index in [1.165, 1.54) is 5.56 Å². The van der Waals surface area contributed by atoms with Crippen LogP contribution >= 0.6 is 0 Å². The highest BCUT2D eigenvalue weighted by Gasteiger charge is 2.46. The van der Waals surface area contributed by atoms with Crippen molar-refractivity contribution in [3.05, 3.63) is 66.1 Å². The Hall–Kier alpha value is -2.70. The first kappa shape index (κ1) is 18.3. The predicted molar refractivity (Wildman–Crippen MR) is 110 cm³/mol. The molecule has 0 aliphatic carbocycles. The molecule has 3 heterocycles. The molecule has 0 unspecified atom stereocenters. The first-order valence-corrected chi connectivity index (χ1v) is 10.2. The summed E-state index contributed by atoms with van der Waals surface area (Å²) in [7, 11) is 3.95. The molecule has 150 valence electrons. The van der Waals surface area contributed by atoms with Crippen LogP contribution in [0.1, 0.15) is 17.5 Å². The Morgan fingerprint density at radius 1 is 1.00 bits per heavy atom. The van der Waals surface area contributed by atoms with Crippen LogP contribution in [-0.4, -0.2) is 53.8 Å². The fraction of sp³-hybridized carbons (Fsp3) is 0.391. The Morgan fingerprint density at radius 2 is 1.79 bits per heavy atom. The van der Waals surface area contributed by atoms with Crippen molar-refractivity contribution in [1.82, 2.24) is 20.0 Å². The van der Waals surface area contributed by atoms with Crippen molar-refractivity contribution in [2.75, 3.05) is 33.8 Å². The molecule has 0 saturated carbocycles. The monoisotopic (exact) mass is 390 g/mol. The Bertz CT molecular complexity index is 957. The first-order chi connectivity index (χ1) is 14.2. The van der Waals surface area contributed by atoms with E-state index in [4.69, 9.17) is 9.15 Å². The van der Waals surface area contributed by atoms with E-state index in [0.717, 1.165) is 30.9 Å². The normalized spacial score (nSPS) is 24.7. The molecule has 0 bridgehead atoms. The maximum atomic E-state index is 5.92. The molecule has 2 aliphatic rings. The van der Waals surface area contributed by atoms with Crippen LogP contribution < -0.4 is 4.74 Å². The van der Waals surface area contributed by atoms with Crippen molar-refractivity contribution < 1.29 is 9.15 Å². The van der Waals surface area contributed by atoms with Crippen LogP contribution in [0.25, 0.3) is 11.5 Å². The van der Waals surface area contributed by atoms with Crippen molar-refractivity contribution in [2.24, 2.45) is 11.8 Å². The number of ether oxygens (including phenoxy) is 1. The zero-order valence-electron chi connectivity index (χ0n) is 16.9. The number of aromatic nitrogens is 2. The molecule has 6 nitrogen and oxygen atoms in total. The zero-order valence-corrected chi connectivity index (χ0v) is 16.9. The minimum absolute atomic E-state index is 0.443. The van der Waals surface area contributed by atoms with Crippen LogP contribution in [0.4, 0.5) is 0 Å². The molecule has 0 spiro atoms. The molecule has 0 radical (unpaired) electrons. The van der Waals surface area contributed by atoms with E-state index in [-0.39, 0.29) is 0 Å². The third-order valence-electron chi connectivity index (χ3n) is 6.27. The van der Waals surface area contributed by atoms with Gasteiger partial charge in [-0.25, -0.2) is 0 Å². The SMILES string of the molecule is COc1ccc([C@@H]2[C@@H]3CN(Cc4nnc(-c5ccccc5)o4)C[C@@H]3CN2C)cc1. The zero-order chi connectivity index (χ0) is 19.8. The van der Waals surface area contributed by atoms with Gasteiger partial charge in [-0.05, 0) is 48.7 Å². The summed E-state index contributed by atoms with van der Waals surface area (Å²) in [6.07, 6.45) is 0. The summed E-state index contributed by atoms with van der Waals surface area (Å²) >= 11 is 0. The molecule has 2 aliphatic heterocycles. The maximum Gasteiger partial charge on any atom is 0.247 e. The average Bonchev–Trinajstić information content (AvgIpc) is 3.44. The molecule has 2 saturated heterocycles. The largest absolute Gasteiger partial charge is 0.497 e. The fourth-order valence-corrected chi connectivity index (χ4v) is 4.99. The number of benzene rings is 2. The lowest BCUT2D eigenvalue weighted by Crippen LogP contribution is -2.29. The van der Waals surface area contributed by atoms with E-state index in [1.807, 2.05) is 30.3 Å². The highest BCUT2D eigenvalue weighted by Crippen LogP contribution is 2.44. The van der Waals surface area contributed by atoms with Crippen LogP contribution in [0, 0.1) is 11.8 Å². The quantitative estimate of drug-likeness (QED) is 0.665. The smallest absolute Gasteiger partial charge is 0.247 e. The molecule has 0 N–H and O–H groups in total. The summed E-state index contributed by atoms with van der Waals surface area (Å²) in [5.74, 6) is 3.48. The highest BCUT2D eigenvalue weighted by atomic mass is 16.5. The molecule has 29 heavy (non-hydrogen) atoms. The molecule has 5 rings (SSSR count). The van der Waals surface area contributed by atoms with Gasteiger partial charge in [0.2, 0.25) is 11.8 Å². The van der Waals surface area contributed by atoms with Crippen molar-refractivity contribution >= 4 is 0 Å². The summed E-state index contributed by atoms with van der Waals surface area (Å²) < 4.78 is 11.2. The van der Waals surface area contributed by atoms with E-state index in [9.17, 15) is 0 Å². The van der Waals surface area contributed by atoms with Gasteiger partial charge in [0.25, 0.3) is 0 Å². The maximum absolute atomic E-state index is 5.92. The number of likely N-dealkylation sites (tertiary alicyclic amines) is 2. The van der Waals surface area contributed by atoms with Crippen LogP contribution in [-0.2, 0) is 6.54 Å². The summed E-state index contributed by atoms with van der Waals surface area (Å²) in [4.78, 5) is 4.95. The van der Waals surface area contributed by atoms with Gasteiger partial charge in [-0.15, -0.1) is 10.2 Å². The van der Waals surface area contributed by atoms with Crippen LogP contribution in [0.5, 0.6) is 5.75 Å². The number of hydrogen-bond acceptors (Lipinski definition) is 6. The lowest BCUT2D eigenvalue weighted by atomic mass is 9.89. The standard InChI is InChI=1S/C23H26N4O2/c1-26-12-18-13-27(14-20(18)22(26)16-8-10-19(28-2)11-9-16)15-21-24-25-23(29-21)17-6-4-3-5-7-17/h3-11,18,20,22H,12-15H2,1-2H3/t18-,20+,22+/m0/s1. The van der Waals surface area contributed by atoms with Gasteiger partial charge in [0.05, 0.1) is 13.7 Å². The number of rotatable bonds is 5. The van der Waals surface area contributed by atoms with Gasteiger partial charge in [0, 0.05) is 31.2 Å². The van der Waals surface area contributed by atoms with Gasteiger partial charge < -0.3 is 9.15 Å². The number of nitrogens with zero attached hydrogens (tertiary/aromatic N) is 4. The minimum Gasteiger partial charge on any atom is -0.497 e. The number of methoxy groups -OCH3 is 1. The molecule has 0 amide bonds. The third-order valence-corrected chi connectivity index (χ3v) is 6.27. The summed E-state index contributed by atoms with van der Waals surface area (Å²) in [6, 6.07) is 18.9. The summed E-state index contributed by atoms with van der Waals surface area (Å²) in [6.45, 7) is 3.96. The van der Waals surface area contributed by atoms with Crippen molar-refractivity contribution in [2.45, 2.75) is 12.6 Å². The molecular weight excluding hydrogens is 364 g/mol. The second-order valence-electron chi connectivity index (χ2n) is 8.14. The van der Waals surface area contributed by atoms with Crippen molar-refractivity contribution in [1.29, 1.82) is 0 Å². The average molecular weight is 390 g/mol. The Kier molecular flexibility index (Phi) is 4.81. The van der Waals surface area contributed by atoms with Crippen molar-refractivity contribution in [3.63, 3.8) is 0 Å². The van der Waals surface area contributed by atoms with E-state index in [2.05, 4.69) is 51.3 Å². The first-order valence-electron chi connectivity index (χ1n) is 10.2. The van der Waals surface area contributed by atoms with Gasteiger partial charge in [-0.1, -0.05) is 30.3 Å². The van der Waals surface area contributed by atoms with Gasteiger partial charge in [0.1, 0.15) is 5.75 Å². The lowest BCUT2D eigenvalue weighted by Gasteiger charge is -2.26. The third kappa shape index (κ3) is 3.54. The highest BCUT2D eigenvalue weighted by molar-refractivity contribution is 5.51. The van der Waals surface area contributed by atoms with Crippen LogP contribution in [0.2, 0.25) is 0 Å². The second kappa shape index (κ2) is 7.61. The molecular formula is C23H26N4O2. The summed E-state index contributed by atoms with van der Waals surface area (Å²) in [5, 5.41) is 8.51. The molecule has 6 heteroatoms. The van der Waals surface area contributed by atoms with Crippen molar-refractivity contribution in [3.8, 4) is 17.2 Å². The van der Waals surface area contributed by atoms with Gasteiger partial charge in [-0.2, -0.15) is 0 Å². The van der Waals surface area contributed by atoms with Gasteiger partial charge in [-0.3, -0.25) is 9.80 Å². The summed E-state index contributed by atoms with van der Waals surface area (Å²) in [5.41, 5.74) is 2.33. The molecule has 1 aromatic heterocycles. The van der Waals surface area contributed by atoms with E-state index in [0.29, 0.717) is 36.2 Å². The minimum atomic E-state index is 0.443. The lowest BCUT2D eigenvalue weighted by molar-refractivity contribution is 0.214. The number of fused-ring (bicyclic) bond motifs is 1. The second-order valence-corrected chi connectivity index (χ2v) is 8.14. The van der Waals surface area contributed by atoms with Gasteiger partial charge in [0.15, 0.2) is 0 Å². The topological polar surface area (TPSA) is 54.6 Å². The van der Waals surface area contributed by atoms with E-state index >= 15 is 0 Å². The van der Waals surface area contributed by atoms with Gasteiger partial charge >= 0.3 is 0 Å². The fourth-order valence-electron chi connectivity index (χ4n) is 4.99. The molecule has 2 aromatic carbocycles. The number of hydrogen-bond donors (Lipinski definition) is 0. The molecule has 3 atom stereocenters.